The lowest BCUT2D eigenvalue weighted by molar-refractivity contribution is 0.0877. The van der Waals surface area contributed by atoms with Crippen molar-refractivity contribution >= 4 is 10.9 Å². The Morgan fingerprint density at radius 3 is 2.76 bits per heavy atom. The summed E-state index contributed by atoms with van der Waals surface area (Å²) >= 11 is 0. The molecule has 7 nitrogen and oxygen atoms in total. The van der Waals surface area contributed by atoms with Crippen LogP contribution in [0.25, 0.3) is 10.9 Å². The van der Waals surface area contributed by atoms with Gasteiger partial charge in [0.25, 0.3) is 5.56 Å². The number of fused-ring (bicyclic) bond motifs is 1. The lowest BCUT2D eigenvalue weighted by atomic mass is 10.1. The molecule has 0 saturated carbocycles. The Labute approximate surface area is 144 Å². The lowest BCUT2D eigenvalue weighted by Crippen LogP contribution is -2.32. The number of aliphatic hydroxyl groups is 1. The van der Waals surface area contributed by atoms with Crippen LogP contribution in [-0.2, 0) is 6.54 Å². The zero-order chi connectivity index (χ0) is 18.1. The maximum absolute atomic E-state index is 12.4. The van der Waals surface area contributed by atoms with Crippen molar-refractivity contribution in [2.45, 2.75) is 40.3 Å². The number of nitrogens with zero attached hydrogens (tertiary/aromatic N) is 3. The molecular weight excluding hydrogens is 322 g/mol. The van der Waals surface area contributed by atoms with Crippen LogP contribution in [-0.4, -0.2) is 32.8 Å². The first-order valence-electron chi connectivity index (χ1n) is 8.08. The molecule has 7 heteroatoms. The quantitative estimate of drug-likeness (QED) is 0.762. The first-order valence-corrected chi connectivity index (χ1v) is 8.08. The smallest absolute Gasteiger partial charge is 0.296 e. The van der Waals surface area contributed by atoms with E-state index in [9.17, 15) is 9.90 Å². The Morgan fingerprint density at radius 1 is 1.28 bits per heavy atom. The lowest BCUT2D eigenvalue weighted by Gasteiger charge is -2.15. The zero-order valence-electron chi connectivity index (χ0n) is 14.7. The van der Waals surface area contributed by atoms with Gasteiger partial charge < -0.3 is 14.4 Å². The van der Waals surface area contributed by atoms with E-state index in [-0.39, 0.29) is 24.2 Å². The summed E-state index contributed by atoms with van der Waals surface area (Å²) in [4.78, 5) is 12.4. The van der Waals surface area contributed by atoms with Gasteiger partial charge >= 0.3 is 0 Å². The van der Waals surface area contributed by atoms with E-state index in [0.717, 1.165) is 11.1 Å². The normalized spacial score (nSPS) is 12.5. The van der Waals surface area contributed by atoms with Crippen molar-refractivity contribution in [3.63, 3.8) is 0 Å². The standard InChI is InChI=1S/C18H21N3O4/c1-10-5-6-15(11(2)7-10)24-9-14(22)8-21-18(23)17-16(12(3)19-21)13(4)25-20-17/h5-7,14,22H,8-9H2,1-4H3. The number of ether oxygens (including phenoxy) is 1. The Balaban J connectivity index is 1.75. The van der Waals surface area contributed by atoms with Crippen molar-refractivity contribution in [2.75, 3.05) is 6.61 Å². The number of hydrogen-bond acceptors (Lipinski definition) is 6. The van der Waals surface area contributed by atoms with Gasteiger partial charge in [0.05, 0.1) is 17.6 Å². The zero-order valence-corrected chi connectivity index (χ0v) is 14.7. The van der Waals surface area contributed by atoms with E-state index in [1.54, 1.807) is 13.8 Å². The molecule has 0 amide bonds. The van der Waals surface area contributed by atoms with Gasteiger partial charge in [-0.1, -0.05) is 22.9 Å². The molecule has 2 aromatic heterocycles. The van der Waals surface area contributed by atoms with Crippen LogP contribution in [0.5, 0.6) is 5.75 Å². The molecule has 0 aliphatic heterocycles. The van der Waals surface area contributed by atoms with Crippen molar-refractivity contribution < 1.29 is 14.4 Å². The molecule has 1 unspecified atom stereocenters. The summed E-state index contributed by atoms with van der Waals surface area (Å²) in [5, 5.41) is 18.9. The number of benzene rings is 1. The SMILES string of the molecule is Cc1ccc(OCC(O)Cn2nc(C)c3c(C)onc3c2=O)c(C)c1. The third-order valence-electron chi connectivity index (χ3n) is 4.08. The molecule has 3 aromatic rings. The molecule has 0 radical (unpaired) electrons. The minimum absolute atomic E-state index is 0.0203. The van der Waals surface area contributed by atoms with Crippen LogP contribution < -0.4 is 10.3 Å². The molecule has 1 atom stereocenters. The predicted molar refractivity (Wildman–Crippen MR) is 93.0 cm³/mol. The molecule has 1 aromatic carbocycles. The average molecular weight is 343 g/mol. The largest absolute Gasteiger partial charge is 0.491 e. The van der Waals surface area contributed by atoms with Crippen LogP contribution in [0.3, 0.4) is 0 Å². The van der Waals surface area contributed by atoms with E-state index in [4.69, 9.17) is 9.26 Å². The molecule has 132 valence electrons. The molecule has 0 saturated heterocycles. The summed E-state index contributed by atoms with van der Waals surface area (Å²) in [5.74, 6) is 1.27. The van der Waals surface area contributed by atoms with Gasteiger partial charge in [0, 0.05) is 0 Å². The Hall–Kier alpha value is -2.67. The molecule has 0 fully saturated rings. The van der Waals surface area contributed by atoms with Gasteiger partial charge in [0.2, 0.25) is 0 Å². The van der Waals surface area contributed by atoms with Gasteiger partial charge in [0.1, 0.15) is 24.2 Å². The summed E-state index contributed by atoms with van der Waals surface area (Å²) in [6, 6.07) is 5.83. The minimum atomic E-state index is -0.879. The predicted octanol–water partition coefficient (Wildman–Crippen LogP) is 2.06. The van der Waals surface area contributed by atoms with E-state index < -0.39 is 6.10 Å². The Bertz CT molecular complexity index is 974. The van der Waals surface area contributed by atoms with Crippen LogP contribution in [0.15, 0.2) is 27.5 Å². The van der Waals surface area contributed by atoms with E-state index in [1.165, 1.54) is 4.68 Å². The Kier molecular flexibility index (Phi) is 4.59. The molecule has 25 heavy (non-hydrogen) atoms. The average Bonchev–Trinajstić information content (AvgIpc) is 2.94. The molecule has 2 heterocycles. The van der Waals surface area contributed by atoms with Gasteiger partial charge in [0.15, 0.2) is 5.52 Å². The summed E-state index contributed by atoms with van der Waals surface area (Å²) in [6.45, 7) is 7.56. The molecule has 0 bridgehead atoms. The highest BCUT2D eigenvalue weighted by molar-refractivity contribution is 5.81. The summed E-state index contributed by atoms with van der Waals surface area (Å²) in [7, 11) is 0. The van der Waals surface area contributed by atoms with Crippen LogP contribution in [0.2, 0.25) is 0 Å². The maximum Gasteiger partial charge on any atom is 0.296 e. The number of rotatable bonds is 5. The third kappa shape index (κ3) is 3.41. The fourth-order valence-corrected chi connectivity index (χ4v) is 2.87. The van der Waals surface area contributed by atoms with Crippen LogP contribution in [0, 0.1) is 27.7 Å². The molecule has 0 aliphatic carbocycles. The first kappa shape index (κ1) is 17.2. The van der Waals surface area contributed by atoms with Crippen molar-refractivity contribution in [2.24, 2.45) is 0 Å². The van der Waals surface area contributed by atoms with Crippen molar-refractivity contribution in [1.29, 1.82) is 0 Å². The van der Waals surface area contributed by atoms with Gasteiger partial charge in [-0.2, -0.15) is 5.10 Å². The second-order valence-corrected chi connectivity index (χ2v) is 6.27. The van der Waals surface area contributed by atoms with E-state index in [1.807, 2.05) is 32.0 Å². The van der Waals surface area contributed by atoms with Gasteiger partial charge in [-0.3, -0.25) is 4.79 Å². The van der Waals surface area contributed by atoms with Crippen LogP contribution >= 0.6 is 0 Å². The number of aryl methyl sites for hydroxylation is 4. The monoisotopic (exact) mass is 343 g/mol. The summed E-state index contributed by atoms with van der Waals surface area (Å²) in [6.07, 6.45) is -0.879. The van der Waals surface area contributed by atoms with Crippen molar-refractivity contribution in [3.8, 4) is 5.75 Å². The second-order valence-electron chi connectivity index (χ2n) is 6.27. The second kappa shape index (κ2) is 6.68. The van der Waals surface area contributed by atoms with E-state index in [2.05, 4.69) is 10.3 Å². The molecule has 1 N–H and O–H groups in total. The van der Waals surface area contributed by atoms with Crippen LogP contribution in [0.1, 0.15) is 22.6 Å². The number of aromatic nitrogens is 3. The molecule has 3 rings (SSSR count). The van der Waals surface area contributed by atoms with E-state index in [0.29, 0.717) is 22.6 Å². The fourth-order valence-electron chi connectivity index (χ4n) is 2.87. The summed E-state index contributed by atoms with van der Waals surface area (Å²) < 4.78 is 11.9. The minimum Gasteiger partial charge on any atom is -0.491 e. The molecule has 0 spiro atoms. The number of aliphatic hydroxyl groups excluding tert-OH is 1. The maximum atomic E-state index is 12.4. The first-order chi connectivity index (χ1) is 11.9. The van der Waals surface area contributed by atoms with Crippen molar-refractivity contribution in [3.05, 3.63) is 51.1 Å². The fraction of sp³-hybridized carbons (Fsp3) is 0.389. The van der Waals surface area contributed by atoms with Crippen molar-refractivity contribution in [1.82, 2.24) is 14.9 Å². The van der Waals surface area contributed by atoms with Crippen LogP contribution in [0.4, 0.5) is 0 Å². The van der Waals surface area contributed by atoms with Gasteiger partial charge in [-0.25, -0.2) is 4.68 Å². The highest BCUT2D eigenvalue weighted by atomic mass is 16.5. The topological polar surface area (TPSA) is 90.4 Å². The molecule has 0 aliphatic rings. The highest BCUT2D eigenvalue weighted by Crippen LogP contribution is 2.19. The summed E-state index contributed by atoms with van der Waals surface area (Å²) in [5.41, 5.74) is 2.62. The van der Waals surface area contributed by atoms with Gasteiger partial charge in [-0.15, -0.1) is 0 Å². The Morgan fingerprint density at radius 2 is 2.04 bits per heavy atom. The molecular formula is C18H21N3O4. The van der Waals surface area contributed by atoms with E-state index >= 15 is 0 Å². The highest BCUT2D eigenvalue weighted by Gasteiger charge is 2.17. The number of hydrogen-bond donors (Lipinski definition) is 1. The third-order valence-corrected chi connectivity index (χ3v) is 4.08. The van der Waals surface area contributed by atoms with Gasteiger partial charge in [-0.05, 0) is 39.3 Å².